The number of benzene rings is 1. The molecule has 12 heteroatoms. The fourth-order valence-electron chi connectivity index (χ4n) is 3.73. The Morgan fingerprint density at radius 2 is 1.64 bits per heavy atom. The highest BCUT2D eigenvalue weighted by Gasteiger charge is 2.32. The van der Waals surface area contributed by atoms with Gasteiger partial charge in [-0.2, -0.15) is 12.6 Å². The van der Waals surface area contributed by atoms with Gasteiger partial charge in [0, 0.05) is 29.3 Å². The van der Waals surface area contributed by atoms with Crippen LogP contribution in [0.5, 0.6) is 0 Å². The van der Waals surface area contributed by atoms with Crippen LogP contribution in [0.1, 0.15) is 32.8 Å². The highest BCUT2D eigenvalue weighted by Crippen LogP contribution is 2.19. The minimum absolute atomic E-state index is 0.0192. The minimum Gasteiger partial charge on any atom is -0.480 e. The van der Waals surface area contributed by atoms with Gasteiger partial charge >= 0.3 is 5.97 Å². The Bertz CT molecular complexity index is 1070. The van der Waals surface area contributed by atoms with Gasteiger partial charge < -0.3 is 36.9 Å². The third-order valence-electron chi connectivity index (χ3n) is 5.65. The minimum atomic E-state index is -1.47. The van der Waals surface area contributed by atoms with Crippen LogP contribution in [0, 0.1) is 5.92 Å². The average Bonchev–Trinajstić information content (AvgIpc) is 3.22. The first-order valence-corrected chi connectivity index (χ1v) is 12.3. The number of aliphatic carboxylic acids is 1. The number of nitrogens with one attached hydrogen (secondary N) is 4. The number of hydrogen-bond donors (Lipinski definition) is 8. The van der Waals surface area contributed by atoms with Gasteiger partial charge in [-0.1, -0.05) is 32.0 Å². The maximum atomic E-state index is 12.9. The van der Waals surface area contributed by atoms with E-state index in [4.69, 9.17) is 5.73 Å². The summed E-state index contributed by atoms with van der Waals surface area (Å²) in [6.07, 6.45) is 0.716. The van der Waals surface area contributed by atoms with Gasteiger partial charge in [-0.15, -0.1) is 0 Å². The van der Waals surface area contributed by atoms with E-state index in [1.165, 1.54) is 6.92 Å². The number of aliphatic hydroxyl groups is 1. The second-order valence-electron chi connectivity index (χ2n) is 9.17. The molecule has 0 aliphatic rings. The van der Waals surface area contributed by atoms with Gasteiger partial charge in [-0.25, -0.2) is 4.79 Å². The number of nitrogens with two attached hydrogens (primary N) is 1. The number of carbonyl (C=O) groups is 4. The summed E-state index contributed by atoms with van der Waals surface area (Å²) in [5.74, 6) is -3.38. The van der Waals surface area contributed by atoms with Crippen LogP contribution in [0.4, 0.5) is 0 Å². The van der Waals surface area contributed by atoms with Crippen LogP contribution in [-0.2, 0) is 25.6 Å². The first-order valence-electron chi connectivity index (χ1n) is 11.7. The summed E-state index contributed by atoms with van der Waals surface area (Å²) in [7, 11) is 0. The van der Waals surface area contributed by atoms with E-state index in [1.54, 1.807) is 6.20 Å². The lowest BCUT2D eigenvalue weighted by Crippen LogP contribution is -2.60. The lowest BCUT2D eigenvalue weighted by Gasteiger charge is -2.26. The van der Waals surface area contributed by atoms with E-state index in [0.717, 1.165) is 10.9 Å². The Hall–Kier alpha value is -3.09. The molecular weight excluding hydrogens is 486 g/mol. The van der Waals surface area contributed by atoms with Crippen molar-refractivity contribution in [2.75, 3.05) is 5.75 Å². The smallest absolute Gasteiger partial charge is 0.326 e. The monoisotopic (exact) mass is 521 g/mol. The number of carboxylic acids is 1. The number of aromatic nitrogens is 1. The van der Waals surface area contributed by atoms with Gasteiger partial charge in [-0.05, 0) is 30.9 Å². The molecule has 0 fully saturated rings. The van der Waals surface area contributed by atoms with Crippen LogP contribution in [0.25, 0.3) is 10.9 Å². The fraction of sp³-hybridized carbons (Fsp3) is 0.500. The molecule has 0 bridgehead atoms. The molecule has 8 N–H and O–H groups in total. The van der Waals surface area contributed by atoms with Crippen molar-refractivity contribution in [3.63, 3.8) is 0 Å². The number of para-hydroxylation sites is 1. The van der Waals surface area contributed by atoms with Gasteiger partial charge in [-0.3, -0.25) is 14.4 Å². The van der Waals surface area contributed by atoms with Crippen molar-refractivity contribution < 1.29 is 29.4 Å². The zero-order valence-corrected chi connectivity index (χ0v) is 21.4. The second kappa shape index (κ2) is 13.3. The Morgan fingerprint density at radius 3 is 2.22 bits per heavy atom. The molecule has 1 aromatic carbocycles. The number of amides is 3. The normalized spacial score (nSPS) is 15.5. The molecule has 1 heterocycles. The molecule has 5 atom stereocenters. The molecule has 3 amide bonds. The number of hydrogen-bond acceptors (Lipinski definition) is 7. The number of thiol groups is 1. The standard InChI is InChI=1S/C24H35N5O6S/c1-12(2)8-16(25)21(31)28-19(11-36)22(32)29-20(13(3)30)23(33)27-18(24(34)35)9-14-10-26-17-7-5-4-6-15(14)17/h4-7,10,12-13,16,18-20,26,30,36H,8-9,11,25H2,1-3H3,(H,27,33)(H,28,31)(H,29,32)(H,34,35). The predicted octanol–water partition coefficient (Wildman–Crippen LogP) is -0.0666. The molecule has 198 valence electrons. The van der Waals surface area contributed by atoms with Crippen molar-refractivity contribution in [2.24, 2.45) is 11.7 Å². The Labute approximate surface area is 215 Å². The predicted molar refractivity (Wildman–Crippen MR) is 138 cm³/mol. The zero-order valence-electron chi connectivity index (χ0n) is 20.5. The zero-order chi connectivity index (χ0) is 27.0. The van der Waals surface area contributed by atoms with Gasteiger partial charge in [0.15, 0.2) is 0 Å². The number of aromatic amines is 1. The third kappa shape index (κ3) is 7.97. The summed E-state index contributed by atoms with van der Waals surface area (Å²) < 4.78 is 0. The van der Waals surface area contributed by atoms with Crippen molar-refractivity contribution in [3.05, 3.63) is 36.0 Å². The van der Waals surface area contributed by atoms with E-state index < -0.39 is 54.0 Å². The molecule has 0 saturated carbocycles. The van der Waals surface area contributed by atoms with Crippen LogP contribution >= 0.6 is 12.6 Å². The average molecular weight is 522 g/mol. The quantitative estimate of drug-likeness (QED) is 0.169. The van der Waals surface area contributed by atoms with Gasteiger partial charge in [0.05, 0.1) is 12.1 Å². The van der Waals surface area contributed by atoms with E-state index >= 15 is 0 Å². The van der Waals surface area contributed by atoms with Crippen LogP contribution in [0.15, 0.2) is 30.5 Å². The number of aliphatic hydroxyl groups excluding tert-OH is 1. The number of fused-ring (bicyclic) bond motifs is 1. The molecule has 5 unspecified atom stereocenters. The number of rotatable bonds is 13. The van der Waals surface area contributed by atoms with E-state index in [1.807, 2.05) is 38.1 Å². The van der Waals surface area contributed by atoms with E-state index in [9.17, 15) is 29.4 Å². The topological polar surface area (TPSA) is 187 Å². The Morgan fingerprint density at radius 1 is 1.00 bits per heavy atom. The van der Waals surface area contributed by atoms with E-state index in [-0.39, 0.29) is 18.1 Å². The lowest BCUT2D eigenvalue weighted by molar-refractivity contribution is -0.143. The van der Waals surface area contributed by atoms with E-state index in [0.29, 0.717) is 12.0 Å². The largest absolute Gasteiger partial charge is 0.480 e. The van der Waals surface area contributed by atoms with Gasteiger partial charge in [0.2, 0.25) is 17.7 Å². The summed E-state index contributed by atoms with van der Waals surface area (Å²) >= 11 is 4.09. The summed E-state index contributed by atoms with van der Waals surface area (Å²) in [5, 5.41) is 27.9. The number of carboxylic acid groups (broad SMARTS) is 1. The third-order valence-corrected chi connectivity index (χ3v) is 6.02. The fourth-order valence-corrected chi connectivity index (χ4v) is 3.99. The number of carbonyl (C=O) groups excluding carboxylic acids is 3. The first kappa shape index (κ1) is 29.1. The van der Waals surface area contributed by atoms with Crippen LogP contribution in [0.2, 0.25) is 0 Å². The Kier molecular flexibility index (Phi) is 10.8. The molecule has 36 heavy (non-hydrogen) atoms. The van der Waals surface area contributed by atoms with Crippen LogP contribution < -0.4 is 21.7 Å². The summed E-state index contributed by atoms with van der Waals surface area (Å²) in [6, 6.07) is 2.62. The maximum absolute atomic E-state index is 12.9. The molecule has 2 aromatic rings. The van der Waals surface area contributed by atoms with Crippen molar-refractivity contribution in [1.82, 2.24) is 20.9 Å². The van der Waals surface area contributed by atoms with Crippen molar-refractivity contribution in [2.45, 2.75) is 63.9 Å². The van der Waals surface area contributed by atoms with Crippen molar-refractivity contribution in [1.29, 1.82) is 0 Å². The molecule has 0 spiro atoms. The van der Waals surface area contributed by atoms with Crippen molar-refractivity contribution >= 4 is 47.2 Å². The molecule has 1 aromatic heterocycles. The highest BCUT2D eigenvalue weighted by atomic mass is 32.1. The number of H-pyrrole nitrogens is 1. The maximum Gasteiger partial charge on any atom is 0.326 e. The highest BCUT2D eigenvalue weighted by molar-refractivity contribution is 7.80. The molecule has 2 rings (SSSR count). The summed E-state index contributed by atoms with van der Waals surface area (Å²) in [4.78, 5) is 52.9. The first-order chi connectivity index (χ1) is 16.9. The Balaban J connectivity index is 2.09. The molecule has 0 radical (unpaired) electrons. The summed E-state index contributed by atoms with van der Waals surface area (Å²) in [6.45, 7) is 5.10. The lowest BCUT2D eigenvalue weighted by atomic mass is 10.0. The SMILES string of the molecule is CC(C)CC(N)C(=O)NC(CS)C(=O)NC(C(=O)NC(Cc1c[nH]c2ccccc12)C(=O)O)C(C)O. The summed E-state index contributed by atoms with van der Waals surface area (Å²) in [5.41, 5.74) is 7.37. The molecule has 0 aliphatic carbocycles. The van der Waals surface area contributed by atoms with Gasteiger partial charge in [0.1, 0.15) is 18.1 Å². The van der Waals surface area contributed by atoms with Crippen molar-refractivity contribution in [3.8, 4) is 0 Å². The second-order valence-corrected chi connectivity index (χ2v) is 9.53. The molecule has 0 saturated heterocycles. The van der Waals surface area contributed by atoms with Crippen LogP contribution in [0.3, 0.4) is 0 Å². The van der Waals surface area contributed by atoms with E-state index in [2.05, 4.69) is 33.6 Å². The molecular formula is C24H35N5O6S. The van der Waals surface area contributed by atoms with Gasteiger partial charge in [0.25, 0.3) is 0 Å². The molecule has 0 aliphatic heterocycles. The molecule has 11 nitrogen and oxygen atoms in total. The van der Waals surface area contributed by atoms with Crippen LogP contribution in [-0.4, -0.2) is 74.9 Å².